The largest absolute Gasteiger partial charge is 0.399 e. The summed E-state index contributed by atoms with van der Waals surface area (Å²) in [5.41, 5.74) is 7.40. The highest BCUT2D eigenvalue weighted by atomic mass is 79.9. The van der Waals surface area contributed by atoms with Gasteiger partial charge in [0.15, 0.2) is 0 Å². The van der Waals surface area contributed by atoms with Crippen molar-refractivity contribution in [3.8, 4) is 0 Å². The molecule has 0 saturated heterocycles. The molecule has 0 aliphatic carbocycles. The van der Waals surface area contributed by atoms with Gasteiger partial charge in [-0.2, -0.15) is 0 Å². The standard InChI is InChI=1S/C13H15BrN4OS/c1-13(2,3)11-10(20-18-17-11)12(19)16-9-6-7(15)4-5-8(9)14/h4-6H,15H2,1-3H3,(H,16,19). The van der Waals surface area contributed by atoms with Crippen LogP contribution in [0.5, 0.6) is 0 Å². The minimum Gasteiger partial charge on any atom is -0.399 e. The molecule has 0 bridgehead atoms. The van der Waals surface area contributed by atoms with Gasteiger partial charge in [-0.1, -0.05) is 25.3 Å². The SMILES string of the molecule is CC(C)(C)c1nnsc1C(=O)Nc1cc(N)ccc1Br. The minimum atomic E-state index is -0.230. The summed E-state index contributed by atoms with van der Waals surface area (Å²) in [6.07, 6.45) is 0. The minimum absolute atomic E-state index is 0.226. The summed E-state index contributed by atoms with van der Waals surface area (Å²) in [7, 11) is 0. The number of nitrogens with two attached hydrogens (primary N) is 1. The molecule has 0 unspecified atom stereocenters. The van der Waals surface area contributed by atoms with Crippen LogP contribution in [0.2, 0.25) is 0 Å². The van der Waals surface area contributed by atoms with Crippen LogP contribution in [0.15, 0.2) is 22.7 Å². The lowest BCUT2D eigenvalue weighted by atomic mass is 9.91. The number of anilines is 2. The fourth-order valence-corrected chi connectivity index (χ4v) is 2.77. The van der Waals surface area contributed by atoms with Gasteiger partial charge in [0.05, 0.1) is 11.4 Å². The molecule has 1 heterocycles. The Balaban J connectivity index is 2.30. The van der Waals surface area contributed by atoms with Gasteiger partial charge >= 0.3 is 0 Å². The van der Waals surface area contributed by atoms with Crippen molar-refractivity contribution in [1.82, 2.24) is 9.59 Å². The summed E-state index contributed by atoms with van der Waals surface area (Å²) in [5, 5.41) is 6.89. The van der Waals surface area contributed by atoms with Crippen LogP contribution in [-0.2, 0) is 5.41 Å². The highest BCUT2D eigenvalue weighted by Gasteiger charge is 2.26. The number of aromatic nitrogens is 2. The van der Waals surface area contributed by atoms with Gasteiger partial charge in [-0.25, -0.2) is 0 Å². The van der Waals surface area contributed by atoms with Gasteiger partial charge in [0, 0.05) is 15.6 Å². The first-order valence-corrected chi connectivity index (χ1v) is 7.55. The first kappa shape index (κ1) is 14.9. The van der Waals surface area contributed by atoms with Gasteiger partial charge in [0.2, 0.25) is 0 Å². The molecule has 20 heavy (non-hydrogen) atoms. The summed E-state index contributed by atoms with van der Waals surface area (Å²) in [6.45, 7) is 5.99. The number of nitrogens with one attached hydrogen (secondary N) is 1. The monoisotopic (exact) mass is 354 g/mol. The lowest BCUT2D eigenvalue weighted by Crippen LogP contribution is -2.20. The number of carbonyl (C=O) groups excluding carboxylic acids is 1. The number of benzene rings is 1. The molecule has 0 aliphatic heterocycles. The molecule has 2 rings (SSSR count). The Bertz CT molecular complexity index is 648. The fraction of sp³-hybridized carbons (Fsp3) is 0.308. The second-order valence-electron chi connectivity index (χ2n) is 5.39. The van der Waals surface area contributed by atoms with Crippen LogP contribution < -0.4 is 11.1 Å². The van der Waals surface area contributed by atoms with E-state index in [1.165, 1.54) is 0 Å². The highest BCUT2D eigenvalue weighted by Crippen LogP contribution is 2.29. The number of hydrogen-bond acceptors (Lipinski definition) is 5. The summed E-state index contributed by atoms with van der Waals surface area (Å²) < 4.78 is 4.66. The van der Waals surface area contributed by atoms with Crippen LogP contribution in [0.3, 0.4) is 0 Å². The van der Waals surface area contributed by atoms with E-state index in [4.69, 9.17) is 5.73 Å². The van der Waals surface area contributed by atoms with Crippen LogP contribution in [0.25, 0.3) is 0 Å². The van der Waals surface area contributed by atoms with Crippen LogP contribution in [0.4, 0.5) is 11.4 Å². The number of halogens is 1. The number of nitrogen functional groups attached to an aromatic ring is 1. The first-order chi connectivity index (χ1) is 9.29. The van der Waals surface area contributed by atoms with Crippen molar-refractivity contribution in [1.29, 1.82) is 0 Å². The molecule has 0 aliphatic rings. The van der Waals surface area contributed by atoms with Crippen molar-refractivity contribution in [2.75, 3.05) is 11.1 Å². The summed E-state index contributed by atoms with van der Waals surface area (Å²) in [6, 6.07) is 5.25. The summed E-state index contributed by atoms with van der Waals surface area (Å²) in [4.78, 5) is 12.9. The van der Waals surface area contributed by atoms with E-state index >= 15 is 0 Å². The highest BCUT2D eigenvalue weighted by molar-refractivity contribution is 9.10. The van der Waals surface area contributed by atoms with Crippen molar-refractivity contribution >= 4 is 44.7 Å². The number of rotatable bonds is 2. The number of carbonyl (C=O) groups is 1. The average molecular weight is 355 g/mol. The predicted octanol–water partition coefficient (Wildman–Crippen LogP) is 3.43. The molecular weight excluding hydrogens is 340 g/mol. The van der Waals surface area contributed by atoms with Gasteiger partial charge in [-0.15, -0.1) is 5.10 Å². The topological polar surface area (TPSA) is 80.9 Å². The van der Waals surface area contributed by atoms with Crippen LogP contribution in [-0.4, -0.2) is 15.5 Å². The number of hydrogen-bond donors (Lipinski definition) is 2. The zero-order valence-electron chi connectivity index (χ0n) is 11.4. The van der Waals surface area contributed by atoms with E-state index in [0.29, 0.717) is 21.9 Å². The molecule has 7 heteroatoms. The third-order valence-electron chi connectivity index (χ3n) is 2.64. The van der Waals surface area contributed by atoms with Gasteiger partial charge in [0.25, 0.3) is 5.91 Å². The van der Waals surface area contributed by atoms with E-state index in [1.54, 1.807) is 18.2 Å². The van der Waals surface area contributed by atoms with E-state index < -0.39 is 0 Å². The maximum absolute atomic E-state index is 12.4. The third-order valence-corrected chi connectivity index (χ3v) is 4.06. The van der Waals surface area contributed by atoms with Crippen molar-refractivity contribution in [3.05, 3.63) is 33.2 Å². The molecule has 2 aromatic rings. The Hall–Kier alpha value is -1.47. The van der Waals surface area contributed by atoms with Gasteiger partial charge in [0.1, 0.15) is 4.88 Å². The summed E-state index contributed by atoms with van der Waals surface area (Å²) in [5.74, 6) is -0.226. The number of amides is 1. The molecule has 1 aromatic carbocycles. The van der Waals surface area contributed by atoms with E-state index in [0.717, 1.165) is 16.0 Å². The Labute approximate surface area is 129 Å². The Morgan fingerprint density at radius 1 is 1.40 bits per heavy atom. The van der Waals surface area contributed by atoms with Gasteiger partial charge in [-0.05, 0) is 45.7 Å². The van der Waals surface area contributed by atoms with Crippen molar-refractivity contribution in [2.45, 2.75) is 26.2 Å². The lowest BCUT2D eigenvalue weighted by Gasteiger charge is -2.16. The van der Waals surface area contributed by atoms with Gasteiger partial charge < -0.3 is 11.1 Å². The molecule has 1 aromatic heterocycles. The maximum Gasteiger partial charge on any atom is 0.269 e. The Kier molecular flexibility index (Phi) is 4.10. The zero-order valence-corrected chi connectivity index (χ0v) is 13.8. The van der Waals surface area contributed by atoms with E-state index in [-0.39, 0.29) is 11.3 Å². The molecule has 0 spiro atoms. The second-order valence-corrected chi connectivity index (χ2v) is 7.00. The smallest absolute Gasteiger partial charge is 0.269 e. The van der Waals surface area contributed by atoms with Crippen LogP contribution in [0.1, 0.15) is 36.1 Å². The molecule has 0 radical (unpaired) electrons. The van der Waals surface area contributed by atoms with E-state index in [1.807, 2.05) is 20.8 Å². The first-order valence-electron chi connectivity index (χ1n) is 5.98. The molecule has 0 atom stereocenters. The number of nitrogens with zero attached hydrogens (tertiary/aromatic N) is 2. The molecule has 3 N–H and O–H groups in total. The molecule has 5 nitrogen and oxygen atoms in total. The normalized spacial score (nSPS) is 11.4. The molecule has 0 saturated carbocycles. The molecular formula is C13H15BrN4OS. The second kappa shape index (κ2) is 5.49. The zero-order chi connectivity index (χ0) is 14.9. The van der Waals surface area contributed by atoms with Crippen molar-refractivity contribution in [3.63, 3.8) is 0 Å². The fourth-order valence-electron chi connectivity index (χ4n) is 1.65. The Morgan fingerprint density at radius 3 is 2.75 bits per heavy atom. The molecule has 0 fully saturated rings. The molecule has 1 amide bonds. The maximum atomic E-state index is 12.4. The van der Waals surface area contributed by atoms with E-state index in [9.17, 15) is 4.79 Å². The average Bonchev–Trinajstić information content (AvgIpc) is 2.82. The summed E-state index contributed by atoms with van der Waals surface area (Å²) >= 11 is 4.48. The lowest BCUT2D eigenvalue weighted by molar-refractivity contribution is 0.102. The van der Waals surface area contributed by atoms with Crippen LogP contribution in [0, 0.1) is 0 Å². The van der Waals surface area contributed by atoms with Gasteiger partial charge in [-0.3, -0.25) is 4.79 Å². The van der Waals surface area contributed by atoms with Crippen molar-refractivity contribution < 1.29 is 4.79 Å². The molecule has 106 valence electrons. The van der Waals surface area contributed by atoms with Crippen molar-refractivity contribution in [2.24, 2.45) is 0 Å². The quantitative estimate of drug-likeness (QED) is 0.809. The van der Waals surface area contributed by atoms with Crippen LogP contribution >= 0.6 is 27.5 Å². The van der Waals surface area contributed by atoms with E-state index in [2.05, 4.69) is 30.8 Å². The Morgan fingerprint density at radius 2 is 2.10 bits per heavy atom. The predicted molar refractivity (Wildman–Crippen MR) is 85.1 cm³/mol. The third kappa shape index (κ3) is 3.16.